The van der Waals surface area contributed by atoms with Gasteiger partial charge >= 0.3 is 0 Å². The van der Waals surface area contributed by atoms with Crippen molar-refractivity contribution in [1.82, 2.24) is 20.0 Å². The summed E-state index contributed by atoms with van der Waals surface area (Å²) in [6.07, 6.45) is 0. The number of aryl methyl sites for hydroxylation is 2. The van der Waals surface area contributed by atoms with E-state index in [1.807, 2.05) is 19.9 Å². The zero-order chi connectivity index (χ0) is 17.4. The second kappa shape index (κ2) is 6.40. The highest BCUT2D eigenvalue weighted by molar-refractivity contribution is 5.79. The highest BCUT2D eigenvalue weighted by atomic mass is 19.1. The Morgan fingerprint density at radius 3 is 2.48 bits per heavy atom. The molecule has 130 valence electrons. The number of halogens is 1. The van der Waals surface area contributed by atoms with Crippen molar-refractivity contribution in [3.8, 4) is 0 Å². The molecule has 1 aliphatic heterocycles. The third-order valence-corrected chi connectivity index (χ3v) is 4.51. The van der Waals surface area contributed by atoms with E-state index in [0.29, 0.717) is 12.1 Å². The molecule has 7 heteroatoms. The smallest absolute Gasteiger partial charge is 0.225 e. The van der Waals surface area contributed by atoms with Crippen LogP contribution in [0.1, 0.15) is 17.1 Å². The Kier molecular flexibility index (Phi) is 4.09. The van der Waals surface area contributed by atoms with Crippen LogP contribution in [0, 0.1) is 19.7 Å². The fraction of sp³-hybridized carbons (Fsp3) is 0.389. The van der Waals surface area contributed by atoms with Crippen molar-refractivity contribution in [2.24, 2.45) is 0 Å². The Morgan fingerprint density at radius 2 is 1.76 bits per heavy atom. The first kappa shape index (κ1) is 16.0. The molecule has 1 aromatic carbocycles. The number of fused-ring (bicyclic) bond motifs is 1. The predicted octanol–water partition coefficient (Wildman–Crippen LogP) is 2.70. The number of anilines is 1. The summed E-state index contributed by atoms with van der Waals surface area (Å²) in [5.41, 5.74) is 3.33. The molecule has 0 N–H and O–H groups in total. The van der Waals surface area contributed by atoms with Crippen molar-refractivity contribution in [1.29, 1.82) is 0 Å². The molecule has 1 saturated heterocycles. The first-order chi connectivity index (χ1) is 12.1. The molecule has 6 nitrogen and oxygen atoms in total. The molecule has 0 saturated carbocycles. The lowest BCUT2D eigenvalue weighted by atomic mass is 10.2. The normalized spacial score (nSPS) is 15.9. The standard InChI is InChI=1S/C18H20FN5O/c1-12-9-13(2)21-18(20-12)24-7-5-23(6-8-24)11-16-15-4-3-14(19)10-17(15)25-22-16/h3-4,9-10H,5-8,11H2,1-2H3. The summed E-state index contributed by atoms with van der Waals surface area (Å²) in [5, 5.41) is 4.99. The molecule has 3 aromatic rings. The quantitative estimate of drug-likeness (QED) is 0.730. The Balaban J connectivity index is 1.43. The molecule has 25 heavy (non-hydrogen) atoms. The Labute approximate surface area is 145 Å². The zero-order valence-electron chi connectivity index (χ0n) is 14.4. The van der Waals surface area contributed by atoms with Crippen LogP contribution in [0.3, 0.4) is 0 Å². The Bertz CT molecular complexity index is 881. The number of aromatic nitrogens is 3. The molecule has 0 unspecified atom stereocenters. The van der Waals surface area contributed by atoms with Crippen LogP contribution < -0.4 is 4.90 Å². The molecule has 0 bridgehead atoms. The number of rotatable bonds is 3. The first-order valence-electron chi connectivity index (χ1n) is 8.42. The maximum Gasteiger partial charge on any atom is 0.225 e. The van der Waals surface area contributed by atoms with Crippen LogP contribution >= 0.6 is 0 Å². The van der Waals surface area contributed by atoms with Gasteiger partial charge in [-0.1, -0.05) is 5.16 Å². The van der Waals surface area contributed by atoms with Gasteiger partial charge in [0.1, 0.15) is 11.5 Å². The van der Waals surface area contributed by atoms with Crippen molar-refractivity contribution in [2.75, 3.05) is 31.1 Å². The molecule has 0 atom stereocenters. The average molecular weight is 341 g/mol. The van der Waals surface area contributed by atoms with E-state index in [1.165, 1.54) is 12.1 Å². The summed E-state index contributed by atoms with van der Waals surface area (Å²) in [7, 11) is 0. The van der Waals surface area contributed by atoms with E-state index in [-0.39, 0.29) is 5.82 Å². The van der Waals surface area contributed by atoms with Crippen LogP contribution in [0.5, 0.6) is 0 Å². The highest BCUT2D eigenvalue weighted by Crippen LogP contribution is 2.21. The van der Waals surface area contributed by atoms with Crippen LogP contribution in [0.4, 0.5) is 10.3 Å². The number of nitrogens with zero attached hydrogens (tertiary/aromatic N) is 5. The third-order valence-electron chi connectivity index (χ3n) is 4.51. The molecule has 0 amide bonds. The summed E-state index contributed by atoms with van der Waals surface area (Å²) in [6, 6.07) is 6.54. The van der Waals surface area contributed by atoms with Crippen LogP contribution in [0.2, 0.25) is 0 Å². The van der Waals surface area contributed by atoms with E-state index in [4.69, 9.17) is 4.52 Å². The number of hydrogen-bond donors (Lipinski definition) is 0. The molecule has 4 rings (SSSR count). The maximum absolute atomic E-state index is 13.2. The van der Waals surface area contributed by atoms with Gasteiger partial charge in [-0.15, -0.1) is 0 Å². The van der Waals surface area contributed by atoms with Crippen LogP contribution in [0.25, 0.3) is 11.0 Å². The van der Waals surface area contributed by atoms with Gasteiger partial charge in [-0.2, -0.15) is 0 Å². The van der Waals surface area contributed by atoms with Crippen molar-refractivity contribution in [2.45, 2.75) is 20.4 Å². The second-order valence-electron chi connectivity index (χ2n) is 6.48. The molecule has 2 aromatic heterocycles. The van der Waals surface area contributed by atoms with Crippen LogP contribution in [-0.2, 0) is 6.54 Å². The largest absolute Gasteiger partial charge is 0.356 e. The molecule has 0 radical (unpaired) electrons. The molecular formula is C18H20FN5O. The summed E-state index contributed by atoms with van der Waals surface area (Å²) < 4.78 is 18.5. The van der Waals surface area contributed by atoms with Crippen LogP contribution in [-0.4, -0.2) is 46.2 Å². The molecule has 0 spiro atoms. The molecule has 1 aliphatic rings. The van der Waals surface area contributed by atoms with Crippen molar-refractivity contribution in [3.63, 3.8) is 0 Å². The minimum atomic E-state index is -0.308. The minimum Gasteiger partial charge on any atom is -0.356 e. The topological polar surface area (TPSA) is 58.3 Å². The Hall–Kier alpha value is -2.54. The van der Waals surface area contributed by atoms with Gasteiger partial charge < -0.3 is 9.42 Å². The minimum absolute atomic E-state index is 0.308. The predicted molar refractivity (Wildman–Crippen MR) is 93.0 cm³/mol. The summed E-state index contributed by atoms with van der Waals surface area (Å²) in [4.78, 5) is 13.6. The van der Waals surface area contributed by atoms with E-state index in [0.717, 1.165) is 54.6 Å². The fourth-order valence-electron chi connectivity index (χ4n) is 3.24. The zero-order valence-corrected chi connectivity index (χ0v) is 14.4. The summed E-state index contributed by atoms with van der Waals surface area (Å²) in [6.45, 7) is 8.21. The lowest BCUT2D eigenvalue weighted by Crippen LogP contribution is -2.46. The van der Waals surface area contributed by atoms with E-state index in [9.17, 15) is 4.39 Å². The van der Waals surface area contributed by atoms with Crippen molar-refractivity contribution >= 4 is 16.9 Å². The lowest BCUT2D eigenvalue weighted by molar-refractivity contribution is 0.242. The van der Waals surface area contributed by atoms with E-state index in [1.54, 1.807) is 6.07 Å². The van der Waals surface area contributed by atoms with Crippen LogP contribution in [0.15, 0.2) is 28.8 Å². The fourth-order valence-corrected chi connectivity index (χ4v) is 3.24. The molecule has 3 heterocycles. The van der Waals surface area contributed by atoms with Crippen molar-refractivity contribution < 1.29 is 8.91 Å². The summed E-state index contributed by atoms with van der Waals surface area (Å²) in [5.74, 6) is 0.497. The monoisotopic (exact) mass is 341 g/mol. The number of benzene rings is 1. The highest BCUT2D eigenvalue weighted by Gasteiger charge is 2.21. The van der Waals surface area contributed by atoms with Gasteiger partial charge in [0.15, 0.2) is 5.58 Å². The number of piperazine rings is 1. The SMILES string of the molecule is Cc1cc(C)nc(N2CCN(Cc3noc4cc(F)ccc34)CC2)n1. The van der Waals surface area contributed by atoms with Gasteiger partial charge in [0.25, 0.3) is 0 Å². The second-order valence-corrected chi connectivity index (χ2v) is 6.48. The van der Waals surface area contributed by atoms with E-state index in [2.05, 4.69) is 24.9 Å². The molecule has 0 aliphatic carbocycles. The lowest BCUT2D eigenvalue weighted by Gasteiger charge is -2.34. The Morgan fingerprint density at radius 1 is 1.04 bits per heavy atom. The van der Waals surface area contributed by atoms with Gasteiger partial charge in [-0.3, -0.25) is 4.90 Å². The van der Waals surface area contributed by atoms with Crippen molar-refractivity contribution in [3.05, 3.63) is 47.2 Å². The van der Waals surface area contributed by atoms with Gasteiger partial charge in [-0.05, 0) is 32.0 Å². The van der Waals surface area contributed by atoms with Gasteiger partial charge in [0.05, 0.1) is 0 Å². The van der Waals surface area contributed by atoms with Gasteiger partial charge in [-0.25, -0.2) is 14.4 Å². The van der Waals surface area contributed by atoms with Gasteiger partial charge in [0.2, 0.25) is 5.95 Å². The molecular weight excluding hydrogens is 321 g/mol. The first-order valence-corrected chi connectivity index (χ1v) is 8.42. The number of hydrogen-bond acceptors (Lipinski definition) is 6. The van der Waals surface area contributed by atoms with E-state index >= 15 is 0 Å². The van der Waals surface area contributed by atoms with Gasteiger partial charge in [0, 0.05) is 55.6 Å². The molecule has 1 fully saturated rings. The average Bonchev–Trinajstić information content (AvgIpc) is 2.96. The summed E-state index contributed by atoms with van der Waals surface area (Å²) >= 11 is 0. The van der Waals surface area contributed by atoms with E-state index < -0.39 is 0 Å². The third kappa shape index (κ3) is 3.32. The maximum atomic E-state index is 13.2.